The van der Waals surface area contributed by atoms with E-state index in [2.05, 4.69) is 23.7 Å². The lowest BCUT2D eigenvalue weighted by molar-refractivity contribution is 0.700. The van der Waals surface area contributed by atoms with E-state index >= 15 is 0 Å². The number of rotatable bonds is 2. The van der Waals surface area contributed by atoms with E-state index in [1.165, 1.54) is 0 Å². The van der Waals surface area contributed by atoms with Gasteiger partial charge >= 0.3 is 0 Å². The van der Waals surface area contributed by atoms with Crippen LogP contribution in [0, 0.1) is 11.3 Å². The first-order valence-electron chi connectivity index (χ1n) is 3.65. The molecule has 0 saturated heterocycles. The van der Waals surface area contributed by atoms with E-state index in [0.29, 0.717) is 5.75 Å². The molecular formula is C9H10N2S. The lowest BCUT2D eigenvalue weighted by Gasteiger charge is -2.18. The number of nitriles is 1. The van der Waals surface area contributed by atoms with Gasteiger partial charge in [0.25, 0.3) is 0 Å². The van der Waals surface area contributed by atoms with E-state index in [-0.39, 0.29) is 0 Å². The van der Waals surface area contributed by atoms with Gasteiger partial charge < -0.3 is 0 Å². The predicted octanol–water partition coefficient (Wildman–Crippen LogP) is 1.79. The fraction of sp³-hybridized carbons (Fsp3) is 0.333. The molecule has 0 fully saturated rings. The molecule has 0 bridgehead atoms. The number of hydrogen-bond acceptors (Lipinski definition) is 3. The number of nitrogens with zero attached hydrogens (tertiary/aromatic N) is 2. The molecule has 2 nitrogen and oxygen atoms in total. The number of pyridine rings is 1. The highest BCUT2D eigenvalue weighted by Gasteiger charge is 2.23. The Balaban J connectivity index is 3.06. The second-order valence-electron chi connectivity index (χ2n) is 2.84. The Morgan fingerprint density at radius 1 is 1.58 bits per heavy atom. The number of aromatic nitrogens is 1. The molecule has 1 aromatic rings. The fourth-order valence-electron chi connectivity index (χ4n) is 0.911. The van der Waals surface area contributed by atoms with Gasteiger partial charge in [0.1, 0.15) is 0 Å². The minimum atomic E-state index is -0.494. The number of thiol groups is 1. The summed E-state index contributed by atoms with van der Waals surface area (Å²) in [5.41, 5.74) is 0.474. The molecule has 12 heavy (non-hydrogen) atoms. The monoisotopic (exact) mass is 178 g/mol. The van der Waals surface area contributed by atoms with E-state index in [9.17, 15) is 0 Å². The van der Waals surface area contributed by atoms with Gasteiger partial charge in [-0.2, -0.15) is 17.9 Å². The third-order valence-corrected chi connectivity index (χ3v) is 2.51. The van der Waals surface area contributed by atoms with Gasteiger partial charge in [0.05, 0.1) is 11.5 Å². The third kappa shape index (κ3) is 1.59. The summed E-state index contributed by atoms with van der Waals surface area (Å²) in [6.07, 6.45) is 3.38. The molecule has 3 heteroatoms. The molecule has 0 spiro atoms. The van der Waals surface area contributed by atoms with Crippen LogP contribution in [-0.2, 0) is 5.41 Å². The normalized spacial score (nSPS) is 14.8. The topological polar surface area (TPSA) is 36.7 Å². The Hall–Kier alpha value is -1.01. The van der Waals surface area contributed by atoms with Gasteiger partial charge in [0.15, 0.2) is 0 Å². The third-order valence-electron chi connectivity index (χ3n) is 1.88. The van der Waals surface area contributed by atoms with E-state index in [1.54, 1.807) is 12.4 Å². The van der Waals surface area contributed by atoms with Crippen molar-refractivity contribution >= 4 is 12.6 Å². The summed E-state index contributed by atoms with van der Waals surface area (Å²) in [6.45, 7) is 1.87. The molecule has 0 radical (unpaired) electrons. The van der Waals surface area contributed by atoms with E-state index in [1.807, 2.05) is 19.1 Å². The van der Waals surface area contributed by atoms with Gasteiger partial charge in [0.2, 0.25) is 0 Å². The van der Waals surface area contributed by atoms with Crippen LogP contribution in [0.5, 0.6) is 0 Å². The van der Waals surface area contributed by atoms with Crippen LogP contribution >= 0.6 is 12.6 Å². The summed E-state index contributed by atoms with van der Waals surface area (Å²) >= 11 is 4.15. The molecule has 1 aromatic heterocycles. The number of hydrogen-bond donors (Lipinski definition) is 1. The Bertz CT molecular complexity index is 291. The van der Waals surface area contributed by atoms with E-state index in [4.69, 9.17) is 5.26 Å². The molecule has 0 N–H and O–H groups in total. The first-order chi connectivity index (χ1) is 5.73. The summed E-state index contributed by atoms with van der Waals surface area (Å²) in [5, 5.41) is 8.92. The first-order valence-corrected chi connectivity index (χ1v) is 4.29. The Kier molecular flexibility index (Phi) is 2.72. The zero-order chi connectivity index (χ0) is 9.03. The highest BCUT2D eigenvalue weighted by Crippen LogP contribution is 2.23. The minimum absolute atomic E-state index is 0.494. The van der Waals surface area contributed by atoms with Crippen LogP contribution in [0.3, 0.4) is 0 Å². The Labute approximate surface area is 77.7 Å². The van der Waals surface area contributed by atoms with Crippen molar-refractivity contribution in [3.8, 4) is 6.07 Å². The SMILES string of the molecule is CC(C#N)(CS)c1ccncc1. The van der Waals surface area contributed by atoms with Crippen LogP contribution in [-0.4, -0.2) is 10.7 Å². The summed E-state index contributed by atoms with van der Waals surface area (Å²) in [5.74, 6) is 0.521. The second kappa shape index (κ2) is 3.59. The van der Waals surface area contributed by atoms with Crippen molar-refractivity contribution in [2.75, 3.05) is 5.75 Å². The zero-order valence-electron chi connectivity index (χ0n) is 6.86. The van der Waals surface area contributed by atoms with Crippen LogP contribution in [0.2, 0.25) is 0 Å². The average Bonchev–Trinajstić information content (AvgIpc) is 2.18. The lowest BCUT2D eigenvalue weighted by Crippen LogP contribution is -2.21. The van der Waals surface area contributed by atoms with Gasteiger partial charge in [0, 0.05) is 18.1 Å². The predicted molar refractivity (Wildman–Crippen MR) is 51.1 cm³/mol. The van der Waals surface area contributed by atoms with E-state index in [0.717, 1.165) is 5.56 Å². The lowest BCUT2D eigenvalue weighted by atomic mass is 9.87. The van der Waals surface area contributed by atoms with Crippen molar-refractivity contribution in [3.05, 3.63) is 30.1 Å². The molecule has 0 saturated carbocycles. The van der Waals surface area contributed by atoms with Crippen LogP contribution in [0.25, 0.3) is 0 Å². The summed E-state index contributed by atoms with van der Waals surface area (Å²) in [6, 6.07) is 5.93. The highest BCUT2D eigenvalue weighted by atomic mass is 32.1. The molecule has 0 aliphatic carbocycles. The van der Waals surface area contributed by atoms with Crippen LogP contribution in [0.15, 0.2) is 24.5 Å². The summed E-state index contributed by atoms with van der Waals surface area (Å²) in [7, 11) is 0. The summed E-state index contributed by atoms with van der Waals surface area (Å²) in [4.78, 5) is 3.89. The standard InChI is InChI=1S/C9H10N2S/c1-9(6-10,7-12)8-2-4-11-5-3-8/h2-5,12H,7H2,1H3. The molecule has 1 rings (SSSR count). The fourth-order valence-corrected chi connectivity index (χ4v) is 1.16. The quantitative estimate of drug-likeness (QED) is 0.701. The van der Waals surface area contributed by atoms with Crippen molar-refractivity contribution in [3.63, 3.8) is 0 Å². The van der Waals surface area contributed by atoms with Crippen molar-refractivity contribution in [2.24, 2.45) is 0 Å². The largest absolute Gasteiger partial charge is 0.265 e. The Morgan fingerprint density at radius 3 is 2.58 bits per heavy atom. The zero-order valence-corrected chi connectivity index (χ0v) is 7.75. The van der Waals surface area contributed by atoms with Gasteiger partial charge in [-0.1, -0.05) is 0 Å². The van der Waals surface area contributed by atoms with Gasteiger partial charge in [-0.05, 0) is 24.6 Å². The minimum Gasteiger partial charge on any atom is -0.265 e. The molecule has 1 atom stereocenters. The van der Waals surface area contributed by atoms with Gasteiger partial charge in [-0.3, -0.25) is 4.98 Å². The molecule has 0 amide bonds. The van der Waals surface area contributed by atoms with Crippen LogP contribution < -0.4 is 0 Å². The van der Waals surface area contributed by atoms with Crippen molar-refractivity contribution in [1.29, 1.82) is 5.26 Å². The second-order valence-corrected chi connectivity index (χ2v) is 3.15. The molecule has 0 aliphatic heterocycles. The molecule has 0 aliphatic rings. The Morgan fingerprint density at radius 2 is 2.17 bits per heavy atom. The maximum Gasteiger partial charge on any atom is 0.0882 e. The molecule has 1 heterocycles. The van der Waals surface area contributed by atoms with Gasteiger partial charge in [-0.15, -0.1) is 0 Å². The smallest absolute Gasteiger partial charge is 0.0882 e. The first kappa shape index (κ1) is 9.08. The molecule has 1 unspecified atom stereocenters. The van der Waals surface area contributed by atoms with Crippen molar-refractivity contribution < 1.29 is 0 Å². The van der Waals surface area contributed by atoms with Crippen molar-refractivity contribution in [1.82, 2.24) is 4.98 Å². The van der Waals surface area contributed by atoms with Crippen LogP contribution in [0.4, 0.5) is 0 Å². The molecular weight excluding hydrogens is 168 g/mol. The molecule has 0 aromatic carbocycles. The van der Waals surface area contributed by atoms with Crippen LogP contribution in [0.1, 0.15) is 12.5 Å². The highest BCUT2D eigenvalue weighted by molar-refractivity contribution is 7.80. The van der Waals surface area contributed by atoms with Crippen molar-refractivity contribution in [2.45, 2.75) is 12.3 Å². The van der Waals surface area contributed by atoms with E-state index < -0.39 is 5.41 Å². The maximum atomic E-state index is 8.92. The maximum absolute atomic E-state index is 8.92. The average molecular weight is 178 g/mol. The molecule has 62 valence electrons. The summed E-state index contributed by atoms with van der Waals surface area (Å²) < 4.78 is 0. The van der Waals surface area contributed by atoms with Gasteiger partial charge in [-0.25, -0.2) is 0 Å².